The first-order chi connectivity index (χ1) is 6.61. The van der Waals surface area contributed by atoms with Crippen molar-refractivity contribution in [3.05, 3.63) is 28.4 Å². The highest BCUT2D eigenvalue weighted by Crippen LogP contribution is 2.23. The molecule has 0 saturated carbocycles. The first kappa shape index (κ1) is 10.4. The number of nitrogens with zero attached hydrogens (tertiary/aromatic N) is 2. The van der Waals surface area contributed by atoms with Gasteiger partial charge in [-0.15, -0.1) is 0 Å². The number of hydrogen-bond donors (Lipinski definition) is 0. The molecule has 0 atom stereocenters. The zero-order valence-electron chi connectivity index (χ0n) is 8.14. The summed E-state index contributed by atoms with van der Waals surface area (Å²) < 4.78 is 5.26. The average Bonchev–Trinajstić information content (AvgIpc) is 2.15. The number of ether oxygens (including phenoxy) is 1. The molecule has 0 unspecified atom stereocenters. The van der Waals surface area contributed by atoms with Crippen molar-refractivity contribution in [2.75, 3.05) is 6.61 Å². The standard InChI is InChI=1S/C9H12N2O3/c1-7(2)6-14-8-4-3-5-10-9(8)11(12)13/h3-5,7H,6H2,1-2H3. The number of nitro groups is 1. The summed E-state index contributed by atoms with van der Waals surface area (Å²) in [5.74, 6) is 0.328. The van der Waals surface area contributed by atoms with E-state index < -0.39 is 4.92 Å². The molecule has 5 heteroatoms. The normalized spacial score (nSPS) is 10.2. The maximum absolute atomic E-state index is 10.5. The molecule has 0 saturated heterocycles. The van der Waals surface area contributed by atoms with E-state index >= 15 is 0 Å². The van der Waals surface area contributed by atoms with Gasteiger partial charge >= 0.3 is 5.82 Å². The Labute approximate surface area is 81.9 Å². The highest BCUT2D eigenvalue weighted by Gasteiger charge is 2.15. The first-order valence-electron chi connectivity index (χ1n) is 4.33. The molecule has 5 nitrogen and oxygen atoms in total. The zero-order chi connectivity index (χ0) is 10.6. The molecule has 0 aliphatic carbocycles. The van der Waals surface area contributed by atoms with Crippen LogP contribution in [0, 0.1) is 16.0 Å². The summed E-state index contributed by atoms with van der Waals surface area (Å²) in [5, 5.41) is 10.5. The van der Waals surface area contributed by atoms with Gasteiger partial charge in [0.1, 0.15) is 6.20 Å². The van der Waals surface area contributed by atoms with Gasteiger partial charge < -0.3 is 14.9 Å². The van der Waals surface area contributed by atoms with Crippen LogP contribution in [0.15, 0.2) is 18.3 Å². The third-order valence-corrected chi connectivity index (χ3v) is 1.50. The Morgan fingerprint density at radius 1 is 1.64 bits per heavy atom. The second-order valence-corrected chi connectivity index (χ2v) is 3.29. The monoisotopic (exact) mass is 196 g/mol. The van der Waals surface area contributed by atoms with Gasteiger partial charge in [0.25, 0.3) is 0 Å². The topological polar surface area (TPSA) is 65.3 Å². The molecule has 0 aromatic carbocycles. The van der Waals surface area contributed by atoms with Crippen LogP contribution in [-0.4, -0.2) is 16.5 Å². The van der Waals surface area contributed by atoms with Crippen molar-refractivity contribution in [3.63, 3.8) is 0 Å². The Kier molecular flexibility index (Phi) is 3.39. The van der Waals surface area contributed by atoms with Crippen molar-refractivity contribution in [1.82, 2.24) is 4.98 Å². The van der Waals surface area contributed by atoms with E-state index in [1.165, 1.54) is 6.20 Å². The fraction of sp³-hybridized carbons (Fsp3) is 0.444. The van der Waals surface area contributed by atoms with Gasteiger partial charge in [-0.25, -0.2) is 0 Å². The summed E-state index contributed by atoms with van der Waals surface area (Å²) in [4.78, 5) is 13.6. The van der Waals surface area contributed by atoms with Crippen LogP contribution in [0.2, 0.25) is 0 Å². The van der Waals surface area contributed by atoms with E-state index in [0.29, 0.717) is 12.5 Å². The van der Waals surface area contributed by atoms with Crippen molar-refractivity contribution in [3.8, 4) is 5.75 Å². The molecule has 0 aliphatic heterocycles. The van der Waals surface area contributed by atoms with Crippen LogP contribution >= 0.6 is 0 Å². The molecule has 0 fully saturated rings. The molecule has 0 spiro atoms. The van der Waals surface area contributed by atoms with E-state index in [2.05, 4.69) is 4.98 Å². The largest absolute Gasteiger partial charge is 0.485 e. The molecule has 1 heterocycles. The third kappa shape index (κ3) is 2.69. The molecule has 0 amide bonds. The van der Waals surface area contributed by atoms with Gasteiger partial charge in [0, 0.05) is 0 Å². The predicted octanol–water partition coefficient (Wildman–Crippen LogP) is 2.02. The average molecular weight is 196 g/mol. The number of aromatic nitrogens is 1. The van der Waals surface area contributed by atoms with Crippen LogP contribution in [0.3, 0.4) is 0 Å². The molecule has 0 bridgehead atoms. The van der Waals surface area contributed by atoms with Gasteiger partial charge in [0.05, 0.1) is 6.61 Å². The van der Waals surface area contributed by atoms with Crippen molar-refractivity contribution in [2.24, 2.45) is 5.92 Å². The van der Waals surface area contributed by atoms with Crippen molar-refractivity contribution >= 4 is 5.82 Å². The van der Waals surface area contributed by atoms with Crippen LogP contribution in [-0.2, 0) is 0 Å². The van der Waals surface area contributed by atoms with Gasteiger partial charge in [-0.3, -0.25) is 0 Å². The van der Waals surface area contributed by atoms with Crippen molar-refractivity contribution in [1.29, 1.82) is 0 Å². The van der Waals surface area contributed by atoms with Gasteiger partial charge in [0.2, 0.25) is 5.75 Å². The van der Waals surface area contributed by atoms with E-state index in [1.54, 1.807) is 12.1 Å². The lowest BCUT2D eigenvalue weighted by molar-refractivity contribution is -0.390. The van der Waals surface area contributed by atoms with Gasteiger partial charge in [-0.1, -0.05) is 13.8 Å². The fourth-order valence-electron chi connectivity index (χ4n) is 0.888. The zero-order valence-corrected chi connectivity index (χ0v) is 8.14. The highest BCUT2D eigenvalue weighted by atomic mass is 16.6. The van der Waals surface area contributed by atoms with Crippen LogP contribution < -0.4 is 4.74 Å². The Hall–Kier alpha value is -1.65. The second kappa shape index (κ2) is 4.55. The molecular formula is C9H12N2O3. The Morgan fingerprint density at radius 2 is 2.36 bits per heavy atom. The summed E-state index contributed by atoms with van der Waals surface area (Å²) in [6.07, 6.45) is 1.38. The van der Waals surface area contributed by atoms with Gasteiger partial charge in [0.15, 0.2) is 0 Å². The Bertz CT molecular complexity index is 326. The maximum atomic E-state index is 10.5. The summed E-state index contributed by atoms with van der Waals surface area (Å²) in [5.41, 5.74) is 0. The minimum Gasteiger partial charge on any atom is -0.485 e. The summed E-state index contributed by atoms with van der Waals surface area (Å²) >= 11 is 0. The molecule has 0 N–H and O–H groups in total. The van der Waals surface area contributed by atoms with Gasteiger partial charge in [-0.2, -0.15) is 0 Å². The molecule has 76 valence electrons. The number of rotatable bonds is 4. The summed E-state index contributed by atoms with van der Waals surface area (Å²) in [6.45, 7) is 4.40. The minimum absolute atomic E-state index is 0.228. The van der Waals surface area contributed by atoms with Crippen LogP contribution in [0.4, 0.5) is 5.82 Å². The molecule has 1 aromatic rings. The number of pyridine rings is 1. The third-order valence-electron chi connectivity index (χ3n) is 1.50. The van der Waals surface area contributed by atoms with Gasteiger partial charge in [-0.05, 0) is 28.0 Å². The second-order valence-electron chi connectivity index (χ2n) is 3.29. The van der Waals surface area contributed by atoms with Crippen molar-refractivity contribution in [2.45, 2.75) is 13.8 Å². The van der Waals surface area contributed by atoms with E-state index in [-0.39, 0.29) is 11.6 Å². The fourth-order valence-corrected chi connectivity index (χ4v) is 0.888. The van der Waals surface area contributed by atoms with E-state index in [0.717, 1.165) is 0 Å². The van der Waals surface area contributed by atoms with Crippen LogP contribution in [0.1, 0.15) is 13.8 Å². The van der Waals surface area contributed by atoms with Crippen LogP contribution in [0.25, 0.3) is 0 Å². The summed E-state index contributed by atoms with van der Waals surface area (Å²) in [6, 6.07) is 3.16. The molecular weight excluding hydrogens is 184 g/mol. The smallest absolute Gasteiger partial charge is 0.406 e. The van der Waals surface area contributed by atoms with Crippen molar-refractivity contribution < 1.29 is 9.66 Å². The minimum atomic E-state index is -0.546. The summed E-state index contributed by atoms with van der Waals surface area (Å²) in [7, 11) is 0. The lowest BCUT2D eigenvalue weighted by Gasteiger charge is -2.07. The highest BCUT2D eigenvalue weighted by molar-refractivity contribution is 5.38. The van der Waals surface area contributed by atoms with Crippen LogP contribution in [0.5, 0.6) is 5.75 Å². The molecule has 1 aromatic heterocycles. The molecule has 0 radical (unpaired) electrons. The number of hydrogen-bond acceptors (Lipinski definition) is 4. The van der Waals surface area contributed by atoms with E-state index in [9.17, 15) is 10.1 Å². The molecule has 1 rings (SSSR count). The van der Waals surface area contributed by atoms with E-state index in [4.69, 9.17) is 4.74 Å². The Balaban J connectivity index is 2.79. The lowest BCUT2D eigenvalue weighted by atomic mass is 10.2. The lowest BCUT2D eigenvalue weighted by Crippen LogP contribution is -2.06. The first-order valence-corrected chi connectivity index (χ1v) is 4.33. The molecule has 0 aliphatic rings. The maximum Gasteiger partial charge on any atom is 0.406 e. The van der Waals surface area contributed by atoms with E-state index in [1.807, 2.05) is 13.8 Å². The Morgan fingerprint density at radius 3 is 2.93 bits per heavy atom. The quantitative estimate of drug-likeness (QED) is 0.545. The SMILES string of the molecule is CC(C)COc1cccnc1[N+](=O)[O-]. The predicted molar refractivity (Wildman–Crippen MR) is 51.2 cm³/mol. The molecule has 14 heavy (non-hydrogen) atoms.